The van der Waals surface area contributed by atoms with Gasteiger partial charge in [0.15, 0.2) is 6.61 Å². The topological polar surface area (TPSA) is 81.4 Å². The summed E-state index contributed by atoms with van der Waals surface area (Å²) in [5.74, 6) is 0.138. The normalized spacial score (nSPS) is 11.9. The number of carbonyl (C=O) groups excluding carboxylic acids is 2. The lowest BCUT2D eigenvalue weighted by molar-refractivity contribution is -0.120. The molecule has 0 saturated heterocycles. The quantitative estimate of drug-likeness (QED) is 0.726. The number of nitrogens with one attached hydrogen (secondary N) is 1. The lowest BCUT2D eigenvalue weighted by Crippen LogP contribution is -2.25. The van der Waals surface area contributed by atoms with Gasteiger partial charge in [-0.05, 0) is 35.3 Å². The molecule has 0 fully saturated rings. The van der Waals surface area contributed by atoms with E-state index in [4.69, 9.17) is 10.5 Å². The lowest BCUT2D eigenvalue weighted by atomic mass is 10.0. The monoisotopic (exact) mass is 338 g/mol. The molecule has 0 bridgehead atoms. The summed E-state index contributed by atoms with van der Waals surface area (Å²) in [6, 6.07) is 17.1. The van der Waals surface area contributed by atoms with Gasteiger partial charge in [0, 0.05) is 12.6 Å². The Morgan fingerprint density at radius 2 is 1.80 bits per heavy atom. The molecule has 25 heavy (non-hydrogen) atoms. The molecule has 2 amide bonds. The van der Waals surface area contributed by atoms with Gasteiger partial charge in [0.1, 0.15) is 5.75 Å². The average molecular weight is 338 g/mol. The van der Waals surface area contributed by atoms with Crippen molar-refractivity contribution in [2.45, 2.75) is 12.8 Å². The van der Waals surface area contributed by atoms with Crippen molar-refractivity contribution in [1.29, 1.82) is 0 Å². The van der Waals surface area contributed by atoms with E-state index in [2.05, 4.69) is 24.4 Å². The third-order valence-electron chi connectivity index (χ3n) is 3.64. The highest BCUT2D eigenvalue weighted by molar-refractivity contribution is 5.91. The van der Waals surface area contributed by atoms with E-state index in [9.17, 15) is 9.59 Å². The molecule has 0 saturated carbocycles. The Hall–Kier alpha value is -3.08. The largest absolute Gasteiger partial charge is 0.484 e. The van der Waals surface area contributed by atoms with Gasteiger partial charge in [-0.25, -0.2) is 0 Å². The van der Waals surface area contributed by atoms with Crippen LogP contribution in [0.3, 0.4) is 0 Å². The summed E-state index contributed by atoms with van der Waals surface area (Å²) in [7, 11) is 0. The Morgan fingerprint density at radius 1 is 1.12 bits per heavy atom. The minimum absolute atomic E-state index is 0.142. The third-order valence-corrected chi connectivity index (χ3v) is 3.64. The second-order valence-corrected chi connectivity index (χ2v) is 5.71. The molecule has 1 atom stereocenters. The van der Waals surface area contributed by atoms with Crippen LogP contribution in [0.4, 0.5) is 0 Å². The zero-order valence-electron chi connectivity index (χ0n) is 14.1. The summed E-state index contributed by atoms with van der Waals surface area (Å²) in [6.45, 7) is 2.49. The van der Waals surface area contributed by atoms with Gasteiger partial charge in [-0.3, -0.25) is 9.59 Å². The van der Waals surface area contributed by atoms with Gasteiger partial charge in [0.2, 0.25) is 5.91 Å². The number of benzene rings is 2. The standard InChI is InChI=1S/C20H22N2O3/c1-15(17-5-3-2-4-6-17)13-22-20(24)12-9-16-7-10-18(11-8-16)25-14-19(21)23/h2-12,15H,13-14H2,1H3,(H2,21,23)(H,22,24)/b12-9+/t15-/m1/s1. The van der Waals surface area contributed by atoms with Crippen LogP contribution in [0, 0.1) is 0 Å². The van der Waals surface area contributed by atoms with Gasteiger partial charge < -0.3 is 15.8 Å². The molecule has 0 heterocycles. The van der Waals surface area contributed by atoms with E-state index < -0.39 is 5.91 Å². The molecule has 0 spiro atoms. The van der Waals surface area contributed by atoms with Crippen LogP contribution in [0.15, 0.2) is 60.7 Å². The Bertz CT molecular complexity index is 724. The van der Waals surface area contributed by atoms with E-state index in [0.29, 0.717) is 12.3 Å². The van der Waals surface area contributed by atoms with E-state index in [1.807, 2.05) is 18.2 Å². The van der Waals surface area contributed by atoms with Crippen LogP contribution >= 0.6 is 0 Å². The molecule has 2 aromatic carbocycles. The number of hydrogen-bond donors (Lipinski definition) is 2. The van der Waals surface area contributed by atoms with E-state index in [1.54, 1.807) is 30.3 Å². The molecule has 0 aliphatic rings. The molecule has 0 radical (unpaired) electrons. The summed E-state index contributed by atoms with van der Waals surface area (Å²) in [6.07, 6.45) is 3.22. The molecular weight excluding hydrogens is 316 g/mol. The molecule has 0 aromatic heterocycles. The van der Waals surface area contributed by atoms with Crippen molar-refractivity contribution in [1.82, 2.24) is 5.32 Å². The van der Waals surface area contributed by atoms with Crippen LogP contribution in [0.5, 0.6) is 5.75 Å². The maximum atomic E-state index is 11.9. The Labute approximate surface area is 147 Å². The predicted octanol–water partition coefficient (Wildman–Crippen LogP) is 2.48. The van der Waals surface area contributed by atoms with Crippen molar-refractivity contribution in [2.24, 2.45) is 5.73 Å². The summed E-state index contributed by atoms with van der Waals surface area (Å²) < 4.78 is 5.18. The predicted molar refractivity (Wildman–Crippen MR) is 98.0 cm³/mol. The first-order valence-electron chi connectivity index (χ1n) is 8.06. The highest BCUT2D eigenvalue weighted by Crippen LogP contribution is 2.14. The van der Waals surface area contributed by atoms with E-state index in [0.717, 1.165) is 5.56 Å². The molecule has 5 nitrogen and oxygen atoms in total. The van der Waals surface area contributed by atoms with Gasteiger partial charge in [-0.15, -0.1) is 0 Å². The van der Waals surface area contributed by atoms with E-state index in [1.165, 1.54) is 11.6 Å². The van der Waals surface area contributed by atoms with Crippen LogP contribution < -0.4 is 15.8 Å². The fourth-order valence-corrected chi connectivity index (χ4v) is 2.21. The second-order valence-electron chi connectivity index (χ2n) is 5.71. The molecule has 2 aromatic rings. The third kappa shape index (κ3) is 6.51. The maximum absolute atomic E-state index is 11.9. The zero-order valence-corrected chi connectivity index (χ0v) is 14.1. The van der Waals surface area contributed by atoms with Gasteiger partial charge in [-0.2, -0.15) is 0 Å². The minimum atomic E-state index is -0.523. The Balaban J connectivity index is 1.80. The summed E-state index contributed by atoms with van der Waals surface area (Å²) in [4.78, 5) is 22.6. The maximum Gasteiger partial charge on any atom is 0.255 e. The Morgan fingerprint density at radius 3 is 2.44 bits per heavy atom. The van der Waals surface area contributed by atoms with E-state index in [-0.39, 0.29) is 18.4 Å². The first-order valence-corrected chi connectivity index (χ1v) is 8.06. The van der Waals surface area contributed by atoms with Crippen molar-refractivity contribution >= 4 is 17.9 Å². The number of primary amides is 1. The highest BCUT2D eigenvalue weighted by atomic mass is 16.5. The SMILES string of the molecule is C[C@H](CNC(=O)/C=C/c1ccc(OCC(N)=O)cc1)c1ccccc1. The zero-order chi connectivity index (χ0) is 18.1. The first-order chi connectivity index (χ1) is 12.0. The van der Waals surface area contributed by atoms with Crippen molar-refractivity contribution in [3.8, 4) is 5.75 Å². The molecule has 130 valence electrons. The Kier molecular flexibility index (Phi) is 6.77. The van der Waals surface area contributed by atoms with Gasteiger partial charge >= 0.3 is 0 Å². The van der Waals surface area contributed by atoms with Crippen molar-refractivity contribution in [2.75, 3.05) is 13.2 Å². The first kappa shape index (κ1) is 18.3. The molecule has 3 N–H and O–H groups in total. The van der Waals surface area contributed by atoms with Crippen LogP contribution in [-0.4, -0.2) is 25.0 Å². The molecule has 2 rings (SSSR count). The number of hydrogen-bond acceptors (Lipinski definition) is 3. The van der Waals surface area contributed by atoms with Gasteiger partial charge in [0.05, 0.1) is 0 Å². The fraction of sp³-hybridized carbons (Fsp3) is 0.200. The van der Waals surface area contributed by atoms with Crippen LogP contribution in [0.25, 0.3) is 6.08 Å². The average Bonchev–Trinajstić information content (AvgIpc) is 2.64. The smallest absolute Gasteiger partial charge is 0.255 e. The number of nitrogens with two attached hydrogens (primary N) is 1. The number of amides is 2. The number of rotatable bonds is 8. The summed E-state index contributed by atoms with van der Waals surface area (Å²) in [5, 5.41) is 2.89. The highest BCUT2D eigenvalue weighted by Gasteiger charge is 2.05. The van der Waals surface area contributed by atoms with Crippen molar-refractivity contribution in [3.05, 3.63) is 71.8 Å². The number of carbonyl (C=O) groups is 2. The van der Waals surface area contributed by atoms with Gasteiger partial charge in [-0.1, -0.05) is 49.4 Å². The molecule has 5 heteroatoms. The number of ether oxygens (including phenoxy) is 1. The van der Waals surface area contributed by atoms with Crippen LogP contribution in [-0.2, 0) is 9.59 Å². The van der Waals surface area contributed by atoms with E-state index >= 15 is 0 Å². The summed E-state index contributed by atoms with van der Waals surface area (Å²) >= 11 is 0. The van der Waals surface area contributed by atoms with Crippen molar-refractivity contribution < 1.29 is 14.3 Å². The van der Waals surface area contributed by atoms with Gasteiger partial charge in [0.25, 0.3) is 5.91 Å². The van der Waals surface area contributed by atoms with Crippen LogP contribution in [0.2, 0.25) is 0 Å². The summed E-state index contributed by atoms with van der Waals surface area (Å²) in [5.41, 5.74) is 7.07. The molecular formula is C20H22N2O3. The fourth-order valence-electron chi connectivity index (χ4n) is 2.21. The van der Waals surface area contributed by atoms with Crippen LogP contribution in [0.1, 0.15) is 24.0 Å². The minimum Gasteiger partial charge on any atom is -0.484 e. The molecule has 0 aliphatic carbocycles. The van der Waals surface area contributed by atoms with Crippen molar-refractivity contribution in [3.63, 3.8) is 0 Å². The molecule has 0 aliphatic heterocycles. The molecule has 0 unspecified atom stereocenters. The second kappa shape index (κ2) is 9.27. The lowest BCUT2D eigenvalue weighted by Gasteiger charge is -2.11.